The Kier molecular flexibility index (Phi) is 2.64. The van der Waals surface area contributed by atoms with Crippen LogP contribution in [-0.2, 0) is 13.5 Å². The third kappa shape index (κ3) is 1.97. The fourth-order valence-electron chi connectivity index (χ4n) is 1.31. The number of aryl methyl sites for hydroxylation is 1. The quantitative estimate of drug-likeness (QED) is 0.740. The lowest BCUT2D eigenvalue weighted by Gasteiger charge is -1.99. The Balaban J connectivity index is 2.19. The fraction of sp³-hybridized carbons (Fsp3) is 0.300. The lowest BCUT2D eigenvalue weighted by Crippen LogP contribution is -2.10. The molecule has 0 aliphatic rings. The minimum Gasteiger partial charge on any atom is -0.312 e. The molecular formula is C10H11N3OS. The molecule has 4 nitrogen and oxygen atoms in total. The van der Waals surface area contributed by atoms with Crippen LogP contribution in [0.5, 0.6) is 0 Å². The highest BCUT2D eigenvalue weighted by molar-refractivity contribution is 7.08. The molecule has 2 heterocycles. The van der Waals surface area contributed by atoms with E-state index in [4.69, 9.17) is 0 Å². The van der Waals surface area contributed by atoms with E-state index >= 15 is 0 Å². The Morgan fingerprint density at radius 3 is 2.87 bits per heavy atom. The first-order valence-corrected chi connectivity index (χ1v) is 5.53. The average Bonchev–Trinajstić information content (AvgIpc) is 2.79. The second kappa shape index (κ2) is 3.94. The lowest BCUT2D eigenvalue weighted by molar-refractivity contribution is 0.0979. The van der Waals surface area contributed by atoms with Crippen LogP contribution in [0.4, 0.5) is 0 Å². The summed E-state index contributed by atoms with van der Waals surface area (Å²) in [6, 6.07) is 1.95. The molecular weight excluding hydrogens is 210 g/mol. The summed E-state index contributed by atoms with van der Waals surface area (Å²) >= 11 is 1.59. The van der Waals surface area contributed by atoms with Gasteiger partial charge in [0, 0.05) is 13.5 Å². The van der Waals surface area contributed by atoms with Gasteiger partial charge in [0.25, 0.3) is 0 Å². The molecule has 2 rings (SSSR count). The first-order chi connectivity index (χ1) is 7.18. The standard InChI is InChI=1S/C10H11N3OS/c1-7-11-12-10(13(7)2)9(14)5-8-3-4-15-6-8/h3-4,6H,5H2,1-2H3. The van der Waals surface area contributed by atoms with Gasteiger partial charge in [0.2, 0.25) is 5.78 Å². The maximum absolute atomic E-state index is 11.8. The van der Waals surface area contributed by atoms with Gasteiger partial charge in [0.1, 0.15) is 5.82 Å². The van der Waals surface area contributed by atoms with Crippen molar-refractivity contribution in [2.24, 2.45) is 7.05 Å². The topological polar surface area (TPSA) is 47.8 Å². The molecule has 2 aromatic rings. The summed E-state index contributed by atoms with van der Waals surface area (Å²) in [6.07, 6.45) is 0.398. The van der Waals surface area contributed by atoms with E-state index in [0.717, 1.165) is 11.4 Å². The predicted molar refractivity (Wildman–Crippen MR) is 58.1 cm³/mol. The van der Waals surface area contributed by atoms with Gasteiger partial charge in [-0.1, -0.05) is 0 Å². The van der Waals surface area contributed by atoms with E-state index in [1.807, 2.05) is 23.8 Å². The van der Waals surface area contributed by atoms with Crippen LogP contribution >= 0.6 is 11.3 Å². The van der Waals surface area contributed by atoms with E-state index in [-0.39, 0.29) is 5.78 Å². The van der Waals surface area contributed by atoms with Crippen LogP contribution in [0.25, 0.3) is 0 Å². The monoisotopic (exact) mass is 221 g/mol. The largest absolute Gasteiger partial charge is 0.312 e. The molecule has 0 fully saturated rings. The van der Waals surface area contributed by atoms with Crippen molar-refractivity contribution in [2.75, 3.05) is 0 Å². The summed E-state index contributed by atoms with van der Waals surface area (Å²) in [5, 5.41) is 11.7. The number of hydrogen-bond donors (Lipinski definition) is 0. The molecule has 0 spiro atoms. The maximum Gasteiger partial charge on any atom is 0.204 e. The van der Waals surface area contributed by atoms with Gasteiger partial charge in [-0.2, -0.15) is 11.3 Å². The van der Waals surface area contributed by atoms with E-state index in [0.29, 0.717) is 12.2 Å². The second-order valence-electron chi connectivity index (χ2n) is 3.36. The van der Waals surface area contributed by atoms with Crippen molar-refractivity contribution in [1.82, 2.24) is 14.8 Å². The highest BCUT2D eigenvalue weighted by Crippen LogP contribution is 2.09. The summed E-state index contributed by atoms with van der Waals surface area (Å²) in [5.41, 5.74) is 1.03. The van der Waals surface area contributed by atoms with Crippen LogP contribution in [0.1, 0.15) is 22.0 Å². The molecule has 0 aliphatic heterocycles. The van der Waals surface area contributed by atoms with Gasteiger partial charge in [0.05, 0.1) is 0 Å². The van der Waals surface area contributed by atoms with E-state index in [1.54, 1.807) is 23.0 Å². The van der Waals surface area contributed by atoms with Crippen molar-refractivity contribution in [3.05, 3.63) is 34.0 Å². The number of carbonyl (C=O) groups is 1. The Hall–Kier alpha value is -1.49. The first-order valence-electron chi connectivity index (χ1n) is 4.58. The molecule has 0 saturated carbocycles. The number of nitrogens with zero attached hydrogens (tertiary/aromatic N) is 3. The third-order valence-corrected chi connectivity index (χ3v) is 3.02. The highest BCUT2D eigenvalue weighted by Gasteiger charge is 2.14. The molecule has 0 amide bonds. The molecule has 0 saturated heterocycles. The molecule has 5 heteroatoms. The molecule has 2 aromatic heterocycles. The zero-order valence-electron chi connectivity index (χ0n) is 8.60. The molecule has 0 aliphatic carbocycles. The average molecular weight is 221 g/mol. The lowest BCUT2D eigenvalue weighted by atomic mass is 10.1. The van der Waals surface area contributed by atoms with E-state index < -0.39 is 0 Å². The number of ketones is 1. The Bertz CT molecular complexity index is 473. The van der Waals surface area contributed by atoms with Crippen LogP contribution in [0.3, 0.4) is 0 Å². The number of Topliss-reactive ketones (excluding diaryl/α,β-unsaturated/α-hetero) is 1. The van der Waals surface area contributed by atoms with E-state index in [9.17, 15) is 4.79 Å². The van der Waals surface area contributed by atoms with Gasteiger partial charge in [-0.15, -0.1) is 10.2 Å². The van der Waals surface area contributed by atoms with Gasteiger partial charge in [-0.3, -0.25) is 4.79 Å². The van der Waals surface area contributed by atoms with Gasteiger partial charge < -0.3 is 4.57 Å². The van der Waals surface area contributed by atoms with Crippen molar-refractivity contribution in [2.45, 2.75) is 13.3 Å². The molecule has 0 radical (unpaired) electrons. The molecule has 0 unspecified atom stereocenters. The Labute approximate surface area is 91.6 Å². The zero-order chi connectivity index (χ0) is 10.8. The van der Waals surface area contributed by atoms with Gasteiger partial charge in [0.15, 0.2) is 5.82 Å². The minimum absolute atomic E-state index is 0.0106. The minimum atomic E-state index is 0.0106. The van der Waals surface area contributed by atoms with Crippen molar-refractivity contribution in [3.63, 3.8) is 0 Å². The molecule has 0 atom stereocenters. The Morgan fingerprint density at radius 2 is 2.33 bits per heavy atom. The maximum atomic E-state index is 11.8. The van der Waals surface area contributed by atoms with Crippen LogP contribution in [-0.4, -0.2) is 20.5 Å². The third-order valence-electron chi connectivity index (χ3n) is 2.29. The number of rotatable bonds is 3. The second-order valence-corrected chi connectivity index (χ2v) is 4.14. The van der Waals surface area contributed by atoms with Crippen molar-refractivity contribution < 1.29 is 4.79 Å². The summed E-state index contributed by atoms with van der Waals surface area (Å²) in [5.74, 6) is 1.19. The first kappa shape index (κ1) is 10.0. The number of hydrogen-bond acceptors (Lipinski definition) is 4. The van der Waals surface area contributed by atoms with Crippen LogP contribution < -0.4 is 0 Å². The molecule has 78 valence electrons. The summed E-state index contributed by atoms with van der Waals surface area (Å²) in [7, 11) is 1.80. The molecule has 0 bridgehead atoms. The van der Waals surface area contributed by atoms with E-state index in [2.05, 4.69) is 10.2 Å². The summed E-state index contributed by atoms with van der Waals surface area (Å²) < 4.78 is 1.72. The smallest absolute Gasteiger partial charge is 0.204 e. The van der Waals surface area contributed by atoms with Crippen molar-refractivity contribution in [1.29, 1.82) is 0 Å². The van der Waals surface area contributed by atoms with Gasteiger partial charge in [-0.05, 0) is 29.3 Å². The fourth-order valence-corrected chi connectivity index (χ4v) is 1.98. The number of thiophene rings is 1. The molecule has 0 N–H and O–H groups in total. The number of carbonyl (C=O) groups excluding carboxylic acids is 1. The van der Waals surface area contributed by atoms with Crippen LogP contribution in [0, 0.1) is 6.92 Å². The Morgan fingerprint density at radius 1 is 1.53 bits per heavy atom. The van der Waals surface area contributed by atoms with Crippen LogP contribution in [0.2, 0.25) is 0 Å². The van der Waals surface area contributed by atoms with E-state index in [1.165, 1.54) is 0 Å². The SMILES string of the molecule is Cc1nnc(C(=O)Cc2ccsc2)n1C. The highest BCUT2D eigenvalue weighted by atomic mass is 32.1. The van der Waals surface area contributed by atoms with Crippen LogP contribution in [0.15, 0.2) is 16.8 Å². The van der Waals surface area contributed by atoms with Gasteiger partial charge >= 0.3 is 0 Å². The molecule has 15 heavy (non-hydrogen) atoms. The number of aromatic nitrogens is 3. The summed E-state index contributed by atoms with van der Waals surface area (Å²) in [4.78, 5) is 11.8. The predicted octanol–water partition coefficient (Wildman–Crippen LogP) is 1.61. The zero-order valence-corrected chi connectivity index (χ0v) is 9.41. The normalized spacial score (nSPS) is 10.5. The van der Waals surface area contributed by atoms with Crippen molar-refractivity contribution in [3.8, 4) is 0 Å². The summed E-state index contributed by atoms with van der Waals surface area (Å²) in [6.45, 7) is 1.83. The van der Waals surface area contributed by atoms with Gasteiger partial charge in [-0.25, -0.2) is 0 Å². The molecule has 0 aromatic carbocycles. The van der Waals surface area contributed by atoms with Crippen molar-refractivity contribution >= 4 is 17.1 Å².